The molecule has 4 nitrogen and oxygen atoms in total. The van der Waals surface area contributed by atoms with Gasteiger partial charge in [-0.05, 0) is 50.5 Å². The number of amides is 1. The fourth-order valence-corrected chi connectivity index (χ4v) is 2.56. The lowest BCUT2D eigenvalue weighted by atomic mass is 10.2. The van der Waals surface area contributed by atoms with Crippen LogP contribution in [-0.2, 0) is 0 Å². The second-order valence-corrected chi connectivity index (χ2v) is 5.16. The molecular weight excluding hydrogens is 316 g/mol. The molecule has 0 radical (unpaired) electrons. The van der Waals surface area contributed by atoms with Crippen LogP contribution in [0.2, 0.25) is 0 Å². The standard InChI is InChI=1S/C12H11BrN2O2S/c13-11-9(2-1-4-14-11)12(17)15-6-10(16)8-3-5-18-7-8/h1-5,7,10,16H,6H2,(H,15,17). The van der Waals surface area contributed by atoms with Gasteiger partial charge in [0.25, 0.3) is 5.91 Å². The molecule has 0 saturated heterocycles. The van der Waals surface area contributed by atoms with Gasteiger partial charge in [-0.3, -0.25) is 4.79 Å². The van der Waals surface area contributed by atoms with Crippen molar-refractivity contribution in [1.29, 1.82) is 0 Å². The van der Waals surface area contributed by atoms with Gasteiger partial charge in [-0.15, -0.1) is 0 Å². The van der Waals surface area contributed by atoms with Crippen LogP contribution in [-0.4, -0.2) is 22.5 Å². The van der Waals surface area contributed by atoms with Crippen LogP contribution < -0.4 is 5.32 Å². The highest BCUT2D eigenvalue weighted by molar-refractivity contribution is 9.10. The molecular formula is C12H11BrN2O2S. The first kappa shape index (κ1) is 13.2. The molecule has 1 atom stereocenters. The van der Waals surface area contributed by atoms with E-state index in [1.807, 2.05) is 16.8 Å². The largest absolute Gasteiger partial charge is 0.387 e. The van der Waals surface area contributed by atoms with Crippen LogP contribution in [0.3, 0.4) is 0 Å². The lowest BCUT2D eigenvalue weighted by Gasteiger charge is -2.10. The van der Waals surface area contributed by atoms with Crippen molar-refractivity contribution in [3.8, 4) is 0 Å². The van der Waals surface area contributed by atoms with Crippen molar-refractivity contribution in [2.24, 2.45) is 0 Å². The SMILES string of the molecule is O=C(NCC(O)c1ccsc1)c1cccnc1Br. The molecule has 2 heterocycles. The number of aliphatic hydroxyl groups excluding tert-OH is 1. The molecule has 0 bridgehead atoms. The summed E-state index contributed by atoms with van der Waals surface area (Å²) >= 11 is 4.72. The van der Waals surface area contributed by atoms with Crippen molar-refractivity contribution in [2.45, 2.75) is 6.10 Å². The minimum Gasteiger partial charge on any atom is -0.387 e. The van der Waals surface area contributed by atoms with Gasteiger partial charge in [0.1, 0.15) is 4.60 Å². The van der Waals surface area contributed by atoms with E-state index in [0.717, 1.165) is 5.56 Å². The molecule has 2 aromatic heterocycles. The van der Waals surface area contributed by atoms with E-state index in [9.17, 15) is 9.90 Å². The van der Waals surface area contributed by atoms with Gasteiger partial charge in [0.2, 0.25) is 0 Å². The third-order valence-corrected chi connectivity index (χ3v) is 3.72. The highest BCUT2D eigenvalue weighted by Gasteiger charge is 2.13. The molecule has 1 unspecified atom stereocenters. The Labute approximate surface area is 117 Å². The smallest absolute Gasteiger partial charge is 0.254 e. The molecule has 0 aliphatic rings. The summed E-state index contributed by atoms with van der Waals surface area (Å²) in [7, 11) is 0. The number of aliphatic hydroxyl groups is 1. The lowest BCUT2D eigenvalue weighted by Crippen LogP contribution is -2.28. The number of nitrogens with zero attached hydrogens (tertiary/aromatic N) is 1. The number of pyridine rings is 1. The van der Waals surface area contributed by atoms with Crippen LogP contribution in [0.1, 0.15) is 22.0 Å². The normalized spacial score (nSPS) is 12.1. The first-order valence-electron chi connectivity index (χ1n) is 5.27. The molecule has 94 valence electrons. The zero-order chi connectivity index (χ0) is 13.0. The molecule has 0 aromatic carbocycles. The highest BCUT2D eigenvalue weighted by Crippen LogP contribution is 2.16. The molecule has 0 saturated carbocycles. The predicted molar refractivity (Wildman–Crippen MR) is 73.5 cm³/mol. The summed E-state index contributed by atoms with van der Waals surface area (Å²) in [5, 5.41) is 16.3. The third-order valence-electron chi connectivity index (χ3n) is 2.39. The van der Waals surface area contributed by atoms with Gasteiger partial charge < -0.3 is 10.4 Å². The van der Waals surface area contributed by atoms with Crippen molar-refractivity contribution in [3.05, 3.63) is 50.9 Å². The number of nitrogens with one attached hydrogen (secondary N) is 1. The Bertz CT molecular complexity index is 531. The molecule has 2 aromatic rings. The summed E-state index contributed by atoms with van der Waals surface area (Å²) in [6.45, 7) is 0.177. The van der Waals surface area contributed by atoms with Gasteiger partial charge in [0.15, 0.2) is 0 Å². The van der Waals surface area contributed by atoms with E-state index >= 15 is 0 Å². The summed E-state index contributed by atoms with van der Waals surface area (Å²) in [5.41, 5.74) is 1.26. The molecule has 0 fully saturated rings. The van der Waals surface area contributed by atoms with Gasteiger partial charge in [-0.25, -0.2) is 4.98 Å². The van der Waals surface area contributed by atoms with Crippen molar-refractivity contribution < 1.29 is 9.90 Å². The number of rotatable bonds is 4. The van der Waals surface area contributed by atoms with Crippen LogP contribution >= 0.6 is 27.3 Å². The van der Waals surface area contributed by atoms with Gasteiger partial charge >= 0.3 is 0 Å². The lowest BCUT2D eigenvalue weighted by molar-refractivity contribution is 0.0915. The number of carbonyl (C=O) groups excluding carboxylic acids is 1. The predicted octanol–water partition coefficient (Wildman–Crippen LogP) is 2.37. The van der Waals surface area contributed by atoms with Crippen LogP contribution in [0.15, 0.2) is 39.8 Å². The molecule has 2 rings (SSSR count). The van der Waals surface area contributed by atoms with Crippen molar-refractivity contribution in [2.75, 3.05) is 6.54 Å². The van der Waals surface area contributed by atoms with E-state index < -0.39 is 6.10 Å². The van der Waals surface area contributed by atoms with E-state index in [0.29, 0.717) is 10.2 Å². The zero-order valence-corrected chi connectivity index (χ0v) is 11.7. The van der Waals surface area contributed by atoms with E-state index in [1.165, 1.54) is 11.3 Å². The third kappa shape index (κ3) is 3.16. The maximum Gasteiger partial charge on any atom is 0.254 e. The van der Waals surface area contributed by atoms with E-state index in [2.05, 4.69) is 26.2 Å². The fraction of sp³-hybridized carbons (Fsp3) is 0.167. The molecule has 6 heteroatoms. The second-order valence-electron chi connectivity index (χ2n) is 3.62. The van der Waals surface area contributed by atoms with Crippen LogP contribution in [0, 0.1) is 0 Å². The minimum absolute atomic E-state index is 0.177. The summed E-state index contributed by atoms with van der Waals surface area (Å²) < 4.78 is 0.493. The van der Waals surface area contributed by atoms with E-state index in [1.54, 1.807) is 18.3 Å². The molecule has 1 amide bonds. The maximum atomic E-state index is 11.8. The Morgan fingerprint density at radius 1 is 1.56 bits per heavy atom. The maximum absolute atomic E-state index is 11.8. The molecule has 0 spiro atoms. The zero-order valence-electron chi connectivity index (χ0n) is 9.34. The van der Waals surface area contributed by atoms with Crippen LogP contribution in [0.5, 0.6) is 0 Å². The number of aromatic nitrogens is 1. The minimum atomic E-state index is -0.685. The summed E-state index contributed by atoms with van der Waals surface area (Å²) in [4.78, 5) is 15.8. The average molecular weight is 327 g/mol. The topological polar surface area (TPSA) is 62.2 Å². The van der Waals surface area contributed by atoms with E-state index in [4.69, 9.17) is 0 Å². The van der Waals surface area contributed by atoms with E-state index in [-0.39, 0.29) is 12.5 Å². The quantitative estimate of drug-likeness (QED) is 0.848. The molecule has 18 heavy (non-hydrogen) atoms. The Morgan fingerprint density at radius 3 is 3.06 bits per heavy atom. The Hall–Kier alpha value is -1.24. The van der Waals surface area contributed by atoms with Gasteiger partial charge in [-0.1, -0.05) is 0 Å². The summed E-state index contributed by atoms with van der Waals surface area (Å²) in [6.07, 6.45) is 0.914. The van der Waals surface area contributed by atoms with Crippen LogP contribution in [0.4, 0.5) is 0 Å². The number of hydrogen-bond acceptors (Lipinski definition) is 4. The van der Waals surface area contributed by atoms with Crippen LogP contribution in [0.25, 0.3) is 0 Å². The molecule has 0 aliphatic heterocycles. The second kappa shape index (κ2) is 6.08. The highest BCUT2D eigenvalue weighted by atomic mass is 79.9. The fourth-order valence-electron chi connectivity index (χ4n) is 1.42. The Morgan fingerprint density at radius 2 is 2.39 bits per heavy atom. The average Bonchev–Trinajstić information content (AvgIpc) is 2.90. The number of thiophene rings is 1. The van der Waals surface area contributed by atoms with Crippen molar-refractivity contribution in [3.63, 3.8) is 0 Å². The van der Waals surface area contributed by atoms with Gasteiger partial charge in [0.05, 0.1) is 11.7 Å². The number of hydrogen-bond donors (Lipinski definition) is 2. The Balaban J connectivity index is 1.95. The van der Waals surface area contributed by atoms with Crippen molar-refractivity contribution >= 4 is 33.2 Å². The van der Waals surface area contributed by atoms with Gasteiger partial charge in [-0.2, -0.15) is 11.3 Å². The Kier molecular flexibility index (Phi) is 4.46. The van der Waals surface area contributed by atoms with Gasteiger partial charge in [0, 0.05) is 12.7 Å². The first-order chi connectivity index (χ1) is 8.68. The number of halogens is 1. The molecule has 0 aliphatic carbocycles. The number of carbonyl (C=O) groups is 1. The molecule has 2 N–H and O–H groups in total. The summed E-state index contributed by atoms with van der Waals surface area (Å²) in [5.74, 6) is -0.260. The monoisotopic (exact) mass is 326 g/mol. The summed E-state index contributed by atoms with van der Waals surface area (Å²) in [6, 6.07) is 5.19. The first-order valence-corrected chi connectivity index (χ1v) is 7.01. The van der Waals surface area contributed by atoms with Crippen molar-refractivity contribution in [1.82, 2.24) is 10.3 Å².